The van der Waals surface area contributed by atoms with Gasteiger partial charge in [0.15, 0.2) is 0 Å². The Bertz CT molecular complexity index is 1550. The van der Waals surface area contributed by atoms with Crippen LogP contribution in [0.1, 0.15) is 72.8 Å². The molecule has 3 heterocycles. The van der Waals surface area contributed by atoms with Crippen LogP contribution in [0.5, 0.6) is 5.88 Å². The number of pyridine rings is 1. The Balaban J connectivity index is 1.76. The molecule has 4 rings (SSSR count). The standard InChI is InChI=1S/C30H32F6N6O4/c1-4-20-14-22(26-23(7-9-25(41-26)45-3)42(20)28(44)46-5-2)40-27-38-15-17(6-8-24(37)43)21(39-27)12-16-10-18(29(31,32)33)13-19(11-16)30(34,35)36/h7,9-11,13,15,20,22H,4-6,8,12,14H2,1-3H3,(H2,37,43)(H,38,39,40)/t20-,22+/m1/s1. The van der Waals surface area contributed by atoms with Gasteiger partial charge in [-0.3, -0.25) is 9.69 Å². The van der Waals surface area contributed by atoms with Crippen molar-refractivity contribution in [1.82, 2.24) is 15.0 Å². The summed E-state index contributed by atoms with van der Waals surface area (Å²) in [6.07, 6.45) is -8.98. The third-order valence-corrected chi connectivity index (χ3v) is 7.40. The molecule has 2 atom stereocenters. The van der Waals surface area contributed by atoms with Crippen LogP contribution in [0.3, 0.4) is 0 Å². The number of ether oxygens (including phenoxy) is 2. The highest BCUT2D eigenvalue weighted by molar-refractivity contribution is 5.90. The molecule has 0 bridgehead atoms. The zero-order valence-electron chi connectivity index (χ0n) is 25.1. The number of anilines is 2. The number of nitrogens with two attached hydrogens (primary N) is 1. The molecule has 0 radical (unpaired) electrons. The molecule has 1 aromatic carbocycles. The lowest BCUT2D eigenvalue weighted by molar-refractivity contribution is -0.143. The maximum atomic E-state index is 13.5. The Morgan fingerprint density at radius 3 is 2.28 bits per heavy atom. The molecule has 3 aromatic rings. The zero-order chi connectivity index (χ0) is 33.8. The highest BCUT2D eigenvalue weighted by Gasteiger charge is 2.39. The van der Waals surface area contributed by atoms with Gasteiger partial charge in [-0.05, 0) is 61.6 Å². The van der Waals surface area contributed by atoms with Crippen molar-refractivity contribution < 1.29 is 45.4 Å². The van der Waals surface area contributed by atoms with E-state index in [1.54, 1.807) is 19.1 Å². The molecule has 1 aliphatic heterocycles. The van der Waals surface area contributed by atoms with Crippen molar-refractivity contribution in [3.05, 3.63) is 70.2 Å². The summed E-state index contributed by atoms with van der Waals surface area (Å²) in [5.74, 6) is -0.402. The minimum Gasteiger partial charge on any atom is -0.481 e. The first-order valence-electron chi connectivity index (χ1n) is 14.3. The molecule has 0 saturated carbocycles. The monoisotopic (exact) mass is 654 g/mol. The normalized spacial score (nSPS) is 16.5. The number of amides is 2. The average Bonchev–Trinajstić information content (AvgIpc) is 2.99. The number of fused-ring (bicyclic) bond motifs is 1. The Morgan fingerprint density at radius 2 is 1.72 bits per heavy atom. The fourth-order valence-corrected chi connectivity index (χ4v) is 5.23. The number of primary amides is 1. The highest BCUT2D eigenvalue weighted by atomic mass is 19.4. The number of carbonyl (C=O) groups excluding carboxylic acids is 2. The lowest BCUT2D eigenvalue weighted by Gasteiger charge is -2.39. The summed E-state index contributed by atoms with van der Waals surface area (Å²) in [7, 11) is 1.43. The number of methoxy groups -OCH3 is 1. The minimum atomic E-state index is -5.03. The number of nitrogens with zero attached hydrogens (tertiary/aromatic N) is 4. The second kappa shape index (κ2) is 13.8. The Kier molecular flexibility index (Phi) is 10.3. The van der Waals surface area contributed by atoms with E-state index in [0.717, 1.165) is 0 Å². The molecular weight excluding hydrogens is 622 g/mol. The fraction of sp³-hybridized carbons (Fsp3) is 0.433. The number of nitrogens with one attached hydrogen (secondary N) is 1. The van der Waals surface area contributed by atoms with Crippen molar-refractivity contribution >= 4 is 23.6 Å². The molecule has 2 amide bonds. The second-order valence-electron chi connectivity index (χ2n) is 10.5. The summed E-state index contributed by atoms with van der Waals surface area (Å²) in [4.78, 5) is 39.2. The fourth-order valence-electron chi connectivity index (χ4n) is 5.23. The van der Waals surface area contributed by atoms with Crippen LogP contribution in [-0.2, 0) is 34.7 Å². The maximum absolute atomic E-state index is 13.5. The summed E-state index contributed by atoms with van der Waals surface area (Å²) in [6.45, 7) is 3.73. The van der Waals surface area contributed by atoms with E-state index in [-0.39, 0.29) is 54.6 Å². The van der Waals surface area contributed by atoms with Crippen LogP contribution in [0.4, 0.5) is 42.8 Å². The van der Waals surface area contributed by atoms with E-state index >= 15 is 0 Å². The van der Waals surface area contributed by atoms with Crippen molar-refractivity contribution in [2.24, 2.45) is 5.73 Å². The number of hydrogen-bond donors (Lipinski definition) is 2. The van der Waals surface area contributed by atoms with Crippen LogP contribution in [0.2, 0.25) is 0 Å². The summed E-state index contributed by atoms with van der Waals surface area (Å²) < 4.78 is 91.8. The number of rotatable bonds is 10. The van der Waals surface area contributed by atoms with Crippen LogP contribution in [0, 0.1) is 0 Å². The van der Waals surface area contributed by atoms with Gasteiger partial charge >= 0.3 is 18.4 Å². The number of carbonyl (C=O) groups is 2. The summed E-state index contributed by atoms with van der Waals surface area (Å²) >= 11 is 0. The minimum absolute atomic E-state index is 0.000790. The van der Waals surface area contributed by atoms with E-state index in [2.05, 4.69) is 20.3 Å². The first-order valence-corrected chi connectivity index (χ1v) is 14.3. The summed E-state index contributed by atoms with van der Waals surface area (Å²) in [5.41, 5.74) is 3.35. The molecule has 16 heteroatoms. The average molecular weight is 655 g/mol. The molecule has 0 aliphatic carbocycles. The van der Waals surface area contributed by atoms with Gasteiger partial charge in [-0.15, -0.1) is 0 Å². The quantitative estimate of drug-likeness (QED) is 0.246. The van der Waals surface area contributed by atoms with E-state index in [0.29, 0.717) is 41.9 Å². The van der Waals surface area contributed by atoms with Crippen molar-refractivity contribution in [2.45, 2.75) is 70.4 Å². The summed E-state index contributed by atoms with van der Waals surface area (Å²) in [5, 5.41) is 3.16. The van der Waals surface area contributed by atoms with Crippen LogP contribution < -0.4 is 20.7 Å². The first kappa shape index (κ1) is 34.2. The van der Waals surface area contributed by atoms with Gasteiger partial charge in [-0.1, -0.05) is 6.92 Å². The van der Waals surface area contributed by atoms with Gasteiger partial charge in [0.1, 0.15) is 0 Å². The Morgan fingerprint density at radius 1 is 1.04 bits per heavy atom. The Labute approximate surface area is 260 Å². The van der Waals surface area contributed by atoms with Crippen molar-refractivity contribution in [2.75, 3.05) is 23.9 Å². The van der Waals surface area contributed by atoms with Crippen LogP contribution in [0.15, 0.2) is 36.5 Å². The van der Waals surface area contributed by atoms with Crippen LogP contribution >= 0.6 is 0 Å². The molecule has 0 spiro atoms. The number of aromatic nitrogens is 3. The molecule has 46 heavy (non-hydrogen) atoms. The largest absolute Gasteiger partial charge is 0.481 e. The van der Waals surface area contributed by atoms with Gasteiger partial charge in [0, 0.05) is 31.1 Å². The number of hydrogen-bond acceptors (Lipinski definition) is 8. The number of benzene rings is 1. The number of halogens is 6. The van der Waals surface area contributed by atoms with Crippen LogP contribution in [0.25, 0.3) is 0 Å². The SMILES string of the molecule is CCOC(=O)N1c2ccc(OC)nc2[C@@H](Nc2ncc(CCC(N)=O)c(Cc3cc(C(F)(F)F)cc(C(F)(F)F)c3)n2)C[C@H]1CC. The first-order chi connectivity index (χ1) is 21.6. The smallest absolute Gasteiger partial charge is 0.416 e. The number of aryl methyl sites for hydroxylation is 1. The van der Waals surface area contributed by atoms with Crippen LogP contribution in [-0.4, -0.2) is 46.7 Å². The molecule has 2 aromatic heterocycles. The third-order valence-electron chi connectivity index (χ3n) is 7.40. The van der Waals surface area contributed by atoms with Gasteiger partial charge < -0.3 is 20.5 Å². The molecule has 0 unspecified atom stereocenters. The van der Waals surface area contributed by atoms with Crippen molar-refractivity contribution in [1.29, 1.82) is 0 Å². The maximum Gasteiger partial charge on any atom is 0.416 e. The van der Waals surface area contributed by atoms with Crippen molar-refractivity contribution in [3.63, 3.8) is 0 Å². The van der Waals surface area contributed by atoms with Gasteiger partial charge in [0.2, 0.25) is 17.7 Å². The molecular formula is C30H32F6N6O4. The Hall–Kier alpha value is -4.63. The van der Waals surface area contributed by atoms with Gasteiger partial charge in [0.25, 0.3) is 0 Å². The third kappa shape index (κ3) is 7.95. The highest BCUT2D eigenvalue weighted by Crippen LogP contribution is 2.40. The molecule has 1 aliphatic rings. The van der Waals surface area contributed by atoms with E-state index < -0.39 is 47.9 Å². The molecule has 3 N–H and O–H groups in total. The number of alkyl halides is 6. The molecule has 10 nitrogen and oxygen atoms in total. The van der Waals surface area contributed by atoms with Crippen molar-refractivity contribution in [3.8, 4) is 5.88 Å². The van der Waals surface area contributed by atoms with Gasteiger partial charge in [-0.25, -0.2) is 19.7 Å². The molecule has 0 fully saturated rings. The predicted molar refractivity (Wildman–Crippen MR) is 154 cm³/mol. The topological polar surface area (TPSA) is 133 Å². The molecule has 0 saturated heterocycles. The zero-order valence-corrected chi connectivity index (χ0v) is 25.1. The summed E-state index contributed by atoms with van der Waals surface area (Å²) in [6, 6.07) is 3.65. The van der Waals surface area contributed by atoms with Gasteiger partial charge in [-0.2, -0.15) is 26.3 Å². The second-order valence-corrected chi connectivity index (χ2v) is 10.5. The lowest BCUT2D eigenvalue weighted by atomic mass is 9.93. The van der Waals surface area contributed by atoms with Gasteiger partial charge in [0.05, 0.1) is 48.0 Å². The lowest BCUT2D eigenvalue weighted by Crippen LogP contribution is -2.46. The van der Waals surface area contributed by atoms with E-state index in [1.807, 2.05) is 6.92 Å². The van der Waals surface area contributed by atoms with E-state index in [9.17, 15) is 35.9 Å². The molecule has 248 valence electrons. The van der Waals surface area contributed by atoms with E-state index in [1.165, 1.54) is 18.2 Å². The van der Waals surface area contributed by atoms with E-state index in [4.69, 9.17) is 15.2 Å². The predicted octanol–water partition coefficient (Wildman–Crippen LogP) is 6.22.